The van der Waals surface area contributed by atoms with Crippen LogP contribution in [0.25, 0.3) is 0 Å². The van der Waals surface area contributed by atoms with Crippen LogP contribution in [0.2, 0.25) is 0 Å². The van der Waals surface area contributed by atoms with E-state index in [0.717, 1.165) is 0 Å². The Labute approximate surface area is 92.6 Å². The minimum absolute atomic E-state index is 0.341. The number of amides is 2. The summed E-state index contributed by atoms with van der Waals surface area (Å²) in [6.45, 7) is 0. The Bertz CT molecular complexity index is 303. The molecule has 0 aromatic heterocycles. The molecule has 0 unspecified atom stereocenters. The second-order valence-corrected chi connectivity index (χ2v) is 3.59. The molecular weight excluding hydrogens is 223 g/mol. The van der Waals surface area contributed by atoms with Gasteiger partial charge in [0, 0.05) is 12.7 Å². The number of alkyl halides is 2. The van der Waals surface area contributed by atoms with Crippen LogP contribution in [-0.2, 0) is 0 Å². The first-order chi connectivity index (χ1) is 6.66. The van der Waals surface area contributed by atoms with Crippen molar-refractivity contribution >= 4 is 34.9 Å². The molecule has 0 bridgehead atoms. The van der Waals surface area contributed by atoms with E-state index in [4.69, 9.17) is 23.2 Å². The number of para-hydroxylation sites is 1. The highest BCUT2D eigenvalue weighted by atomic mass is 35.5. The third-order valence-corrected chi connectivity index (χ3v) is 2.05. The topological polar surface area (TPSA) is 32.3 Å². The average Bonchev–Trinajstić information content (AvgIpc) is 2.19. The van der Waals surface area contributed by atoms with E-state index in [1.807, 2.05) is 6.07 Å². The molecule has 0 fully saturated rings. The van der Waals surface area contributed by atoms with Crippen molar-refractivity contribution in [2.75, 3.05) is 11.9 Å². The Hall–Kier alpha value is -0.930. The zero-order valence-electron chi connectivity index (χ0n) is 7.58. The van der Waals surface area contributed by atoms with Crippen LogP contribution in [0, 0.1) is 0 Å². The van der Waals surface area contributed by atoms with Crippen LogP contribution < -0.4 is 10.2 Å². The SMILES string of the molecule is CNC(=O)N(c1ccccc1)C(Cl)Cl. The number of carbonyl (C=O) groups is 1. The molecule has 0 heterocycles. The molecule has 0 saturated heterocycles. The molecule has 3 nitrogen and oxygen atoms in total. The number of nitrogens with one attached hydrogen (secondary N) is 1. The monoisotopic (exact) mass is 232 g/mol. The summed E-state index contributed by atoms with van der Waals surface area (Å²) in [5, 5.41) is 2.46. The normalized spacial score (nSPS) is 10.0. The van der Waals surface area contributed by atoms with Crippen molar-refractivity contribution < 1.29 is 4.79 Å². The minimum atomic E-state index is -0.905. The van der Waals surface area contributed by atoms with Gasteiger partial charge in [0.05, 0.1) is 0 Å². The van der Waals surface area contributed by atoms with Gasteiger partial charge in [-0.2, -0.15) is 0 Å². The summed E-state index contributed by atoms with van der Waals surface area (Å²) in [6.07, 6.45) is 0. The van der Waals surface area contributed by atoms with Crippen LogP contribution >= 0.6 is 23.2 Å². The number of hydrogen-bond donors (Lipinski definition) is 1. The quantitative estimate of drug-likeness (QED) is 0.618. The van der Waals surface area contributed by atoms with Gasteiger partial charge in [0.15, 0.2) is 4.96 Å². The van der Waals surface area contributed by atoms with Gasteiger partial charge < -0.3 is 5.32 Å². The van der Waals surface area contributed by atoms with Gasteiger partial charge in [-0.05, 0) is 12.1 Å². The molecule has 5 heteroatoms. The minimum Gasteiger partial charge on any atom is -0.341 e. The van der Waals surface area contributed by atoms with E-state index in [1.165, 1.54) is 11.9 Å². The van der Waals surface area contributed by atoms with Gasteiger partial charge in [-0.15, -0.1) is 0 Å². The Morgan fingerprint density at radius 2 is 1.93 bits per heavy atom. The summed E-state index contributed by atoms with van der Waals surface area (Å²) in [5.41, 5.74) is 0.654. The largest absolute Gasteiger partial charge is 0.341 e. The standard InChI is InChI=1S/C9H10Cl2N2O/c1-12-9(14)13(8(10)11)7-5-3-2-4-6-7/h2-6,8H,1H3,(H,12,14). The van der Waals surface area contributed by atoms with Gasteiger partial charge >= 0.3 is 6.03 Å². The first-order valence-electron chi connectivity index (χ1n) is 4.01. The van der Waals surface area contributed by atoms with Gasteiger partial charge in [0.1, 0.15) is 0 Å². The Morgan fingerprint density at radius 1 is 1.36 bits per heavy atom. The van der Waals surface area contributed by atoms with Gasteiger partial charge in [-0.1, -0.05) is 41.4 Å². The summed E-state index contributed by atoms with van der Waals surface area (Å²) in [4.78, 5) is 11.7. The lowest BCUT2D eigenvalue weighted by Gasteiger charge is -2.22. The van der Waals surface area contributed by atoms with Gasteiger partial charge in [-0.3, -0.25) is 4.90 Å². The molecule has 1 rings (SSSR count). The number of hydrogen-bond acceptors (Lipinski definition) is 1. The zero-order valence-corrected chi connectivity index (χ0v) is 9.09. The third-order valence-electron chi connectivity index (χ3n) is 1.66. The van der Waals surface area contributed by atoms with Crippen molar-refractivity contribution in [2.45, 2.75) is 4.96 Å². The fourth-order valence-corrected chi connectivity index (χ4v) is 1.43. The van der Waals surface area contributed by atoms with Crippen LogP contribution in [0.15, 0.2) is 30.3 Å². The van der Waals surface area contributed by atoms with Crippen molar-refractivity contribution in [1.29, 1.82) is 0 Å². The molecule has 1 aromatic carbocycles. The molecule has 2 amide bonds. The maximum Gasteiger partial charge on any atom is 0.323 e. The Morgan fingerprint density at radius 3 is 2.36 bits per heavy atom. The highest BCUT2D eigenvalue weighted by Crippen LogP contribution is 2.20. The molecule has 1 N–H and O–H groups in total. The average molecular weight is 233 g/mol. The molecule has 0 saturated carbocycles. The number of halogens is 2. The molecule has 0 aliphatic heterocycles. The summed E-state index contributed by atoms with van der Waals surface area (Å²) < 4.78 is 0. The highest BCUT2D eigenvalue weighted by molar-refractivity contribution is 6.46. The predicted octanol–water partition coefficient (Wildman–Crippen LogP) is 2.59. The number of rotatable bonds is 2. The van der Waals surface area contributed by atoms with Crippen LogP contribution in [0.5, 0.6) is 0 Å². The molecule has 14 heavy (non-hydrogen) atoms. The lowest BCUT2D eigenvalue weighted by molar-refractivity contribution is 0.248. The molecular formula is C9H10Cl2N2O. The van der Waals surface area contributed by atoms with E-state index >= 15 is 0 Å². The van der Waals surface area contributed by atoms with Crippen LogP contribution in [0.3, 0.4) is 0 Å². The van der Waals surface area contributed by atoms with Gasteiger partial charge in [-0.25, -0.2) is 4.79 Å². The van der Waals surface area contributed by atoms with Crippen molar-refractivity contribution in [3.8, 4) is 0 Å². The number of anilines is 1. The molecule has 0 radical (unpaired) electrons. The van der Waals surface area contributed by atoms with Crippen molar-refractivity contribution in [2.24, 2.45) is 0 Å². The van der Waals surface area contributed by atoms with E-state index in [0.29, 0.717) is 5.69 Å². The maximum atomic E-state index is 11.4. The van der Waals surface area contributed by atoms with E-state index in [9.17, 15) is 4.79 Å². The van der Waals surface area contributed by atoms with E-state index in [2.05, 4.69) is 5.32 Å². The van der Waals surface area contributed by atoms with Gasteiger partial charge in [0.2, 0.25) is 0 Å². The molecule has 76 valence electrons. The number of nitrogens with zero attached hydrogens (tertiary/aromatic N) is 1. The number of urea groups is 1. The molecule has 0 aliphatic rings. The second-order valence-electron chi connectivity index (χ2n) is 2.54. The smallest absolute Gasteiger partial charge is 0.323 e. The van der Waals surface area contributed by atoms with E-state index in [1.54, 1.807) is 24.3 Å². The van der Waals surface area contributed by atoms with E-state index < -0.39 is 4.96 Å². The summed E-state index contributed by atoms with van der Waals surface area (Å²) in [6, 6.07) is 8.64. The lowest BCUT2D eigenvalue weighted by Crippen LogP contribution is -2.40. The van der Waals surface area contributed by atoms with Crippen LogP contribution in [0.1, 0.15) is 0 Å². The molecule has 0 spiro atoms. The number of benzene rings is 1. The molecule has 0 atom stereocenters. The Kier molecular flexibility index (Phi) is 4.04. The highest BCUT2D eigenvalue weighted by Gasteiger charge is 2.19. The maximum absolute atomic E-state index is 11.4. The van der Waals surface area contributed by atoms with Crippen LogP contribution in [-0.4, -0.2) is 18.0 Å². The van der Waals surface area contributed by atoms with Crippen LogP contribution in [0.4, 0.5) is 10.5 Å². The third kappa shape index (κ3) is 2.53. The van der Waals surface area contributed by atoms with Crippen molar-refractivity contribution in [3.63, 3.8) is 0 Å². The van der Waals surface area contributed by atoms with Crippen molar-refractivity contribution in [1.82, 2.24) is 5.32 Å². The number of carbonyl (C=O) groups excluding carboxylic acids is 1. The predicted molar refractivity (Wildman–Crippen MR) is 58.9 cm³/mol. The fraction of sp³-hybridized carbons (Fsp3) is 0.222. The van der Waals surface area contributed by atoms with Gasteiger partial charge in [0.25, 0.3) is 0 Å². The first-order valence-corrected chi connectivity index (χ1v) is 4.88. The van der Waals surface area contributed by atoms with Crippen molar-refractivity contribution in [3.05, 3.63) is 30.3 Å². The fourth-order valence-electron chi connectivity index (χ4n) is 1.03. The summed E-state index contributed by atoms with van der Waals surface area (Å²) in [5.74, 6) is 0. The first kappa shape index (κ1) is 11.1. The Balaban J connectivity index is 2.95. The lowest BCUT2D eigenvalue weighted by atomic mass is 10.3. The van der Waals surface area contributed by atoms with E-state index in [-0.39, 0.29) is 6.03 Å². The summed E-state index contributed by atoms with van der Waals surface area (Å²) in [7, 11) is 1.52. The summed E-state index contributed by atoms with van der Waals surface area (Å²) >= 11 is 11.4. The molecule has 1 aromatic rings. The molecule has 0 aliphatic carbocycles. The zero-order chi connectivity index (χ0) is 10.6. The second kappa shape index (κ2) is 5.08.